The minimum atomic E-state index is -0.512. The van der Waals surface area contributed by atoms with Gasteiger partial charge in [0, 0.05) is 43.9 Å². The zero-order valence-corrected chi connectivity index (χ0v) is 13.7. The summed E-state index contributed by atoms with van der Waals surface area (Å²) < 4.78 is 27.3. The second-order valence-corrected chi connectivity index (χ2v) is 5.54. The number of hydrogen-bond acceptors (Lipinski definition) is 2. The number of hydrogen-bond donors (Lipinski definition) is 1. The van der Waals surface area contributed by atoms with Crippen LogP contribution in [0, 0.1) is 11.6 Å². The molecule has 2 rings (SSSR count). The van der Waals surface area contributed by atoms with E-state index in [0.717, 1.165) is 57.9 Å². The van der Waals surface area contributed by atoms with Gasteiger partial charge in [-0.2, -0.15) is 0 Å². The molecule has 0 aromatic heterocycles. The maximum Gasteiger partial charge on any atom is 0.130 e. The van der Waals surface area contributed by atoms with Crippen LogP contribution in [0.5, 0.6) is 0 Å². The first kappa shape index (κ1) is 19.1. The fraction of sp³-hybridized carbons (Fsp3) is 0.529. The van der Waals surface area contributed by atoms with Crippen LogP contribution >= 0.6 is 12.4 Å². The van der Waals surface area contributed by atoms with Gasteiger partial charge in [-0.3, -0.25) is 4.90 Å². The van der Waals surface area contributed by atoms with E-state index in [4.69, 9.17) is 0 Å². The summed E-state index contributed by atoms with van der Waals surface area (Å²) >= 11 is 0. The van der Waals surface area contributed by atoms with Crippen LogP contribution in [0.15, 0.2) is 30.9 Å². The highest BCUT2D eigenvalue weighted by Crippen LogP contribution is 2.29. The number of halogens is 3. The van der Waals surface area contributed by atoms with E-state index in [1.54, 1.807) is 6.07 Å². The third-order valence-corrected chi connectivity index (χ3v) is 4.05. The summed E-state index contributed by atoms with van der Waals surface area (Å²) in [6.45, 7) is 7.39. The molecule has 1 fully saturated rings. The van der Waals surface area contributed by atoms with Crippen molar-refractivity contribution < 1.29 is 8.78 Å². The molecule has 5 heteroatoms. The zero-order valence-electron chi connectivity index (χ0n) is 12.9. The number of allylic oxidation sites excluding steroid dienone is 1. The van der Waals surface area contributed by atoms with Gasteiger partial charge in [0.2, 0.25) is 0 Å². The van der Waals surface area contributed by atoms with E-state index in [9.17, 15) is 8.78 Å². The summed E-state index contributed by atoms with van der Waals surface area (Å²) in [5, 5.41) is 3.31. The van der Waals surface area contributed by atoms with Gasteiger partial charge in [-0.05, 0) is 25.3 Å². The molecule has 1 aromatic carbocycles. The molecular weight excluding hydrogens is 306 g/mol. The van der Waals surface area contributed by atoms with Crippen LogP contribution in [0.25, 0.3) is 0 Å². The van der Waals surface area contributed by atoms with Gasteiger partial charge in [0.25, 0.3) is 0 Å². The maximum atomic E-state index is 14.1. The largest absolute Gasteiger partial charge is 0.314 e. The fourth-order valence-electron chi connectivity index (χ4n) is 2.93. The van der Waals surface area contributed by atoms with Gasteiger partial charge in [0.1, 0.15) is 11.6 Å². The van der Waals surface area contributed by atoms with Gasteiger partial charge in [-0.15, -0.1) is 19.0 Å². The van der Waals surface area contributed by atoms with Crippen molar-refractivity contribution in [3.05, 3.63) is 48.1 Å². The molecule has 124 valence electrons. The first-order valence-electron chi connectivity index (χ1n) is 7.73. The molecule has 0 unspecified atom stereocenters. The highest BCUT2D eigenvalue weighted by molar-refractivity contribution is 5.85. The van der Waals surface area contributed by atoms with E-state index in [0.29, 0.717) is 5.56 Å². The Morgan fingerprint density at radius 3 is 2.59 bits per heavy atom. The van der Waals surface area contributed by atoms with Gasteiger partial charge in [0.05, 0.1) is 0 Å². The van der Waals surface area contributed by atoms with E-state index in [2.05, 4.69) is 16.8 Å². The molecule has 22 heavy (non-hydrogen) atoms. The predicted octanol–water partition coefficient (Wildman–Crippen LogP) is 4.08. The lowest BCUT2D eigenvalue weighted by Gasteiger charge is -2.35. The molecule has 1 atom stereocenters. The van der Waals surface area contributed by atoms with Gasteiger partial charge >= 0.3 is 0 Å². The average Bonchev–Trinajstić information content (AvgIpc) is 2.49. The van der Waals surface area contributed by atoms with E-state index >= 15 is 0 Å². The van der Waals surface area contributed by atoms with E-state index < -0.39 is 11.6 Å². The van der Waals surface area contributed by atoms with Gasteiger partial charge in [0.15, 0.2) is 0 Å². The highest BCUT2D eigenvalue weighted by Gasteiger charge is 2.24. The summed E-state index contributed by atoms with van der Waals surface area (Å²) in [6, 6.07) is 3.99. The van der Waals surface area contributed by atoms with Crippen LogP contribution < -0.4 is 5.32 Å². The molecule has 0 amide bonds. The predicted molar refractivity (Wildman–Crippen MR) is 89.5 cm³/mol. The minimum absolute atomic E-state index is 0. The molecule has 0 saturated carbocycles. The number of nitrogens with one attached hydrogen (secondary N) is 1. The van der Waals surface area contributed by atoms with Gasteiger partial charge in [-0.25, -0.2) is 8.78 Å². The lowest BCUT2D eigenvalue weighted by Crippen LogP contribution is -2.45. The monoisotopic (exact) mass is 330 g/mol. The van der Waals surface area contributed by atoms with Crippen molar-refractivity contribution in [2.45, 2.75) is 31.7 Å². The molecular formula is C17H25ClF2N2. The number of benzene rings is 1. The Bertz CT molecular complexity index is 462. The molecule has 0 bridgehead atoms. The second kappa shape index (κ2) is 9.93. The van der Waals surface area contributed by atoms with E-state index in [1.807, 2.05) is 6.08 Å². The topological polar surface area (TPSA) is 15.3 Å². The minimum Gasteiger partial charge on any atom is -0.314 e. The Morgan fingerprint density at radius 2 is 1.95 bits per heavy atom. The number of unbranched alkanes of at least 4 members (excludes halogenated alkanes) is 2. The Labute approximate surface area is 138 Å². The van der Waals surface area contributed by atoms with Crippen molar-refractivity contribution in [2.75, 3.05) is 26.2 Å². The summed E-state index contributed by atoms with van der Waals surface area (Å²) in [6.07, 6.45) is 5.89. The highest BCUT2D eigenvalue weighted by atomic mass is 35.5. The van der Waals surface area contributed by atoms with Crippen LogP contribution in [0.4, 0.5) is 8.78 Å². The Balaban J connectivity index is 0.00000242. The van der Waals surface area contributed by atoms with E-state index in [-0.39, 0.29) is 18.4 Å². The van der Waals surface area contributed by atoms with Crippen molar-refractivity contribution >= 4 is 12.4 Å². The first-order valence-corrected chi connectivity index (χ1v) is 7.73. The molecule has 0 radical (unpaired) electrons. The van der Waals surface area contributed by atoms with Crippen molar-refractivity contribution in [3.63, 3.8) is 0 Å². The fourth-order valence-corrected chi connectivity index (χ4v) is 2.93. The van der Waals surface area contributed by atoms with Crippen molar-refractivity contribution in [1.82, 2.24) is 10.2 Å². The molecule has 1 heterocycles. The summed E-state index contributed by atoms with van der Waals surface area (Å²) in [5.74, 6) is -0.941. The number of nitrogens with zero attached hydrogens (tertiary/aromatic N) is 1. The Hall–Kier alpha value is -0.970. The summed E-state index contributed by atoms with van der Waals surface area (Å²) in [7, 11) is 0. The van der Waals surface area contributed by atoms with Crippen LogP contribution in [-0.4, -0.2) is 31.1 Å². The normalized spacial score (nSPS) is 16.8. The second-order valence-electron chi connectivity index (χ2n) is 5.54. The summed E-state index contributed by atoms with van der Waals surface area (Å²) in [5.41, 5.74) is 0.622. The molecule has 0 aliphatic carbocycles. The molecule has 1 aromatic rings. The molecule has 0 spiro atoms. The number of piperazine rings is 1. The molecule has 1 saturated heterocycles. The molecule has 1 aliphatic rings. The summed E-state index contributed by atoms with van der Waals surface area (Å²) in [4.78, 5) is 2.31. The molecule has 2 nitrogen and oxygen atoms in total. The van der Waals surface area contributed by atoms with Crippen LogP contribution in [0.1, 0.15) is 37.3 Å². The van der Waals surface area contributed by atoms with Crippen LogP contribution in [0.2, 0.25) is 0 Å². The first-order chi connectivity index (χ1) is 10.2. The van der Waals surface area contributed by atoms with Gasteiger partial charge < -0.3 is 5.32 Å². The Morgan fingerprint density at radius 1 is 1.23 bits per heavy atom. The Kier molecular flexibility index (Phi) is 8.61. The third-order valence-electron chi connectivity index (χ3n) is 4.05. The quantitative estimate of drug-likeness (QED) is 0.598. The smallest absolute Gasteiger partial charge is 0.130 e. The molecule has 1 aliphatic heterocycles. The lowest BCUT2D eigenvalue weighted by atomic mass is 9.97. The number of rotatable bonds is 7. The third kappa shape index (κ3) is 5.34. The standard InChI is InChI=1S/C17H24F2N2.ClH/c1-2-3-4-5-6-17(21-11-9-20-10-12-21)15-8-7-14(18)13-16(15)19;/h2,7-8,13,17,20H,1,3-6,9-12H2;1H/t17-;/m0./s1. The van der Waals surface area contributed by atoms with Crippen LogP contribution in [0.3, 0.4) is 0 Å². The van der Waals surface area contributed by atoms with Crippen molar-refractivity contribution in [2.24, 2.45) is 0 Å². The average molecular weight is 331 g/mol. The van der Waals surface area contributed by atoms with E-state index in [1.165, 1.54) is 6.07 Å². The van der Waals surface area contributed by atoms with Crippen molar-refractivity contribution in [1.29, 1.82) is 0 Å². The zero-order chi connectivity index (χ0) is 15.1. The van der Waals surface area contributed by atoms with Crippen molar-refractivity contribution in [3.8, 4) is 0 Å². The lowest BCUT2D eigenvalue weighted by molar-refractivity contribution is 0.159. The SMILES string of the molecule is C=CCCCC[C@@H](c1ccc(F)cc1F)N1CCNCC1.Cl. The molecule has 1 N–H and O–H groups in total. The maximum absolute atomic E-state index is 14.1. The van der Waals surface area contributed by atoms with Gasteiger partial charge in [-0.1, -0.05) is 18.6 Å². The van der Waals surface area contributed by atoms with Crippen LogP contribution in [-0.2, 0) is 0 Å².